The Kier molecular flexibility index (Phi) is 5.96. The van der Waals surface area contributed by atoms with E-state index >= 15 is 0 Å². The molecule has 0 saturated carbocycles. The highest BCUT2D eigenvalue weighted by atomic mass is 16.5. The first-order valence-corrected chi connectivity index (χ1v) is 9.48. The van der Waals surface area contributed by atoms with Gasteiger partial charge in [0.05, 0.1) is 17.4 Å². The van der Waals surface area contributed by atoms with Gasteiger partial charge in [-0.15, -0.1) is 0 Å². The van der Waals surface area contributed by atoms with Gasteiger partial charge in [0.25, 0.3) is 5.91 Å². The second-order valence-corrected chi connectivity index (χ2v) is 6.56. The fourth-order valence-corrected chi connectivity index (χ4v) is 2.82. The largest absolute Gasteiger partial charge is 0.457 e. The van der Waals surface area contributed by atoms with Gasteiger partial charge in [-0.1, -0.05) is 18.2 Å². The number of hydrogen-bond donors (Lipinski definition) is 2. The summed E-state index contributed by atoms with van der Waals surface area (Å²) in [6.07, 6.45) is 6.62. The molecule has 0 unspecified atom stereocenters. The van der Waals surface area contributed by atoms with E-state index in [-0.39, 0.29) is 5.91 Å². The van der Waals surface area contributed by atoms with E-state index in [1.54, 1.807) is 30.9 Å². The molecule has 4 rings (SSSR count). The number of hydrogen-bond acceptors (Lipinski definition) is 5. The molecule has 6 heteroatoms. The molecular formula is C24H20N4O2. The third-order valence-electron chi connectivity index (χ3n) is 4.32. The predicted octanol–water partition coefficient (Wildman–Crippen LogP) is 4.94. The lowest BCUT2D eigenvalue weighted by atomic mass is 10.2. The maximum absolute atomic E-state index is 12.4. The molecule has 0 aliphatic heterocycles. The Labute approximate surface area is 174 Å². The Morgan fingerprint density at radius 1 is 0.800 bits per heavy atom. The van der Waals surface area contributed by atoms with Crippen molar-refractivity contribution in [3.05, 3.63) is 109 Å². The van der Waals surface area contributed by atoms with E-state index < -0.39 is 0 Å². The number of carbonyl (C=O) groups is 1. The molecule has 2 aromatic carbocycles. The van der Waals surface area contributed by atoms with Gasteiger partial charge in [-0.25, -0.2) is 0 Å². The van der Waals surface area contributed by atoms with Crippen LogP contribution in [0.5, 0.6) is 11.5 Å². The molecule has 30 heavy (non-hydrogen) atoms. The number of pyridine rings is 2. The molecule has 1 amide bonds. The average molecular weight is 396 g/mol. The van der Waals surface area contributed by atoms with Gasteiger partial charge >= 0.3 is 0 Å². The lowest BCUT2D eigenvalue weighted by Gasteiger charge is -2.10. The number of rotatable bonds is 7. The molecule has 0 fully saturated rings. The Hall–Kier alpha value is -4.19. The van der Waals surface area contributed by atoms with Crippen molar-refractivity contribution in [1.82, 2.24) is 15.3 Å². The highest BCUT2D eigenvalue weighted by Gasteiger charge is 2.07. The van der Waals surface area contributed by atoms with Crippen LogP contribution in [0.3, 0.4) is 0 Å². The fraction of sp³-hybridized carbons (Fsp3) is 0.0417. The maximum Gasteiger partial charge on any atom is 0.253 e. The zero-order chi connectivity index (χ0) is 20.6. The second-order valence-electron chi connectivity index (χ2n) is 6.56. The minimum Gasteiger partial charge on any atom is -0.457 e. The zero-order valence-corrected chi connectivity index (χ0v) is 16.2. The molecule has 2 heterocycles. The molecule has 2 N–H and O–H groups in total. The molecule has 4 aromatic rings. The Bertz CT molecular complexity index is 1100. The summed E-state index contributed by atoms with van der Waals surface area (Å²) >= 11 is 0. The standard InChI is InChI=1S/C24H20N4O2/c29-24(27-15-18-10-12-25-13-11-18)19-14-21(17-26-16-19)28-20-6-8-23(9-7-20)30-22-4-2-1-3-5-22/h1-14,16-17,28H,15H2,(H,27,29). The molecule has 0 bridgehead atoms. The molecule has 0 spiro atoms. The van der Waals surface area contributed by atoms with E-state index in [1.165, 1.54) is 0 Å². The SMILES string of the molecule is O=C(NCc1ccncc1)c1cncc(Nc2ccc(Oc3ccccc3)cc2)c1. The van der Waals surface area contributed by atoms with Crippen LogP contribution >= 0.6 is 0 Å². The van der Waals surface area contributed by atoms with Crippen molar-refractivity contribution in [2.24, 2.45) is 0 Å². The number of amides is 1. The van der Waals surface area contributed by atoms with Gasteiger partial charge in [0.15, 0.2) is 0 Å². The average Bonchev–Trinajstić information content (AvgIpc) is 2.80. The molecule has 0 saturated heterocycles. The lowest BCUT2D eigenvalue weighted by Crippen LogP contribution is -2.23. The molecule has 0 radical (unpaired) electrons. The smallest absolute Gasteiger partial charge is 0.253 e. The number of nitrogens with one attached hydrogen (secondary N) is 2. The number of anilines is 2. The van der Waals surface area contributed by atoms with E-state index in [4.69, 9.17) is 4.74 Å². The minimum absolute atomic E-state index is 0.186. The first-order valence-electron chi connectivity index (χ1n) is 9.48. The van der Waals surface area contributed by atoms with E-state index in [2.05, 4.69) is 20.6 Å². The van der Waals surface area contributed by atoms with Crippen LogP contribution in [0, 0.1) is 0 Å². The molecule has 2 aromatic heterocycles. The maximum atomic E-state index is 12.4. The highest BCUT2D eigenvalue weighted by Crippen LogP contribution is 2.24. The van der Waals surface area contributed by atoms with E-state index in [9.17, 15) is 4.79 Å². The molecule has 6 nitrogen and oxygen atoms in total. The van der Waals surface area contributed by atoms with Gasteiger partial charge in [-0.3, -0.25) is 14.8 Å². The van der Waals surface area contributed by atoms with Crippen LogP contribution in [0.1, 0.15) is 15.9 Å². The quantitative estimate of drug-likeness (QED) is 0.463. The van der Waals surface area contributed by atoms with Crippen LogP contribution in [-0.4, -0.2) is 15.9 Å². The van der Waals surface area contributed by atoms with Crippen molar-refractivity contribution in [2.75, 3.05) is 5.32 Å². The summed E-state index contributed by atoms with van der Waals surface area (Å²) in [5, 5.41) is 6.14. The van der Waals surface area contributed by atoms with Gasteiger partial charge in [0, 0.05) is 30.8 Å². The van der Waals surface area contributed by atoms with Crippen LogP contribution < -0.4 is 15.4 Å². The van der Waals surface area contributed by atoms with Crippen molar-refractivity contribution in [1.29, 1.82) is 0 Å². The number of benzene rings is 2. The minimum atomic E-state index is -0.186. The Balaban J connectivity index is 1.37. The van der Waals surface area contributed by atoms with Crippen LogP contribution in [-0.2, 0) is 6.54 Å². The van der Waals surface area contributed by atoms with E-state index in [0.29, 0.717) is 12.1 Å². The second kappa shape index (κ2) is 9.34. The van der Waals surface area contributed by atoms with Gasteiger partial charge in [-0.05, 0) is 60.2 Å². The van der Waals surface area contributed by atoms with Crippen molar-refractivity contribution < 1.29 is 9.53 Å². The highest BCUT2D eigenvalue weighted by molar-refractivity contribution is 5.94. The summed E-state index contributed by atoms with van der Waals surface area (Å²) in [7, 11) is 0. The summed E-state index contributed by atoms with van der Waals surface area (Å²) in [5.74, 6) is 1.34. The summed E-state index contributed by atoms with van der Waals surface area (Å²) in [6.45, 7) is 0.432. The van der Waals surface area contributed by atoms with Crippen LogP contribution in [0.2, 0.25) is 0 Å². The fourth-order valence-electron chi connectivity index (χ4n) is 2.82. The third-order valence-corrected chi connectivity index (χ3v) is 4.32. The van der Waals surface area contributed by atoms with E-state index in [0.717, 1.165) is 28.4 Å². The zero-order valence-electron chi connectivity index (χ0n) is 16.2. The summed E-state index contributed by atoms with van der Waals surface area (Å²) in [6, 6.07) is 22.7. The first-order chi connectivity index (χ1) is 14.8. The number of nitrogens with zero attached hydrogens (tertiary/aromatic N) is 2. The normalized spacial score (nSPS) is 10.3. The van der Waals surface area contributed by atoms with Gasteiger partial charge < -0.3 is 15.4 Å². The first kappa shape index (κ1) is 19.1. The van der Waals surface area contributed by atoms with Crippen LogP contribution in [0.25, 0.3) is 0 Å². The van der Waals surface area contributed by atoms with Gasteiger partial charge in [0.2, 0.25) is 0 Å². The van der Waals surface area contributed by atoms with Gasteiger partial charge in [-0.2, -0.15) is 0 Å². The van der Waals surface area contributed by atoms with Crippen molar-refractivity contribution >= 4 is 17.3 Å². The Morgan fingerprint density at radius 2 is 1.53 bits per heavy atom. The van der Waals surface area contributed by atoms with Crippen molar-refractivity contribution in [3.8, 4) is 11.5 Å². The number of ether oxygens (including phenoxy) is 1. The molecular weight excluding hydrogens is 376 g/mol. The van der Waals surface area contributed by atoms with Crippen LogP contribution in [0.4, 0.5) is 11.4 Å². The number of aromatic nitrogens is 2. The third kappa shape index (κ3) is 5.20. The molecule has 0 aliphatic rings. The van der Waals surface area contributed by atoms with E-state index in [1.807, 2.05) is 66.7 Å². The number of para-hydroxylation sites is 1. The van der Waals surface area contributed by atoms with Gasteiger partial charge in [0.1, 0.15) is 11.5 Å². The molecule has 0 aliphatic carbocycles. The Morgan fingerprint density at radius 3 is 2.30 bits per heavy atom. The predicted molar refractivity (Wildman–Crippen MR) is 116 cm³/mol. The molecule has 148 valence electrons. The topological polar surface area (TPSA) is 76.1 Å². The van der Waals surface area contributed by atoms with Crippen molar-refractivity contribution in [3.63, 3.8) is 0 Å². The monoisotopic (exact) mass is 396 g/mol. The van der Waals surface area contributed by atoms with Crippen LogP contribution in [0.15, 0.2) is 97.6 Å². The lowest BCUT2D eigenvalue weighted by molar-refractivity contribution is 0.0950. The summed E-state index contributed by atoms with van der Waals surface area (Å²) in [4.78, 5) is 20.6. The summed E-state index contributed by atoms with van der Waals surface area (Å²) < 4.78 is 5.80. The van der Waals surface area contributed by atoms with Crippen molar-refractivity contribution in [2.45, 2.75) is 6.54 Å². The summed E-state index contributed by atoms with van der Waals surface area (Å²) in [5.41, 5.74) is 3.06. The molecule has 0 atom stereocenters. The number of carbonyl (C=O) groups excluding carboxylic acids is 1.